The van der Waals surface area contributed by atoms with E-state index in [0.717, 1.165) is 24.4 Å². The molecule has 0 amide bonds. The zero-order valence-electron chi connectivity index (χ0n) is 8.32. The van der Waals surface area contributed by atoms with Gasteiger partial charge in [0.05, 0.1) is 0 Å². The van der Waals surface area contributed by atoms with Crippen LogP contribution < -0.4 is 5.73 Å². The third-order valence-electron chi connectivity index (χ3n) is 3.07. The molecule has 1 fully saturated rings. The maximum atomic E-state index is 9.62. The number of aromatic hydroxyl groups is 1. The second kappa shape index (κ2) is 4.01. The highest BCUT2D eigenvalue weighted by Gasteiger charge is 2.30. The topological polar surface area (TPSA) is 46.2 Å². The van der Waals surface area contributed by atoms with Gasteiger partial charge in [-0.1, -0.05) is 18.2 Å². The zero-order chi connectivity index (χ0) is 9.97. The first-order valence-electron chi connectivity index (χ1n) is 5.28. The molecule has 0 aliphatic heterocycles. The van der Waals surface area contributed by atoms with E-state index in [-0.39, 0.29) is 0 Å². The molecule has 0 spiro atoms. The summed E-state index contributed by atoms with van der Waals surface area (Å²) in [5.74, 6) is 1.77. The highest BCUT2D eigenvalue weighted by molar-refractivity contribution is 5.32. The Morgan fingerprint density at radius 1 is 1.36 bits per heavy atom. The highest BCUT2D eigenvalue weighted by Crippen LogP contribution is 2.38. The van der Waals surface area contributed by atoms with Crippen LogP contribution in [0.15, 0.2) is 24.3 Å². The van der Waals surface area contributed by atoms with E-state index in [1.807, 2.05) is 18.2 Å². The molecule has 2 nitrogen and oxygen atoms in total. The van der Waals surface area contributed by atoms with Crippen LogP contribution >= 0.6 is 0 Å². The van der Waals surface area contributed by atoms with Gasteiger partial charge in [-0.05, 0) is 49.3 Å². The van der Waals surface area contributed by atoms with E-state index in [9.17, 15) is 5.11 Å². The van der Waals surface area contributed by atoms with Gasteiger partial charge in [-0.15, -0.1) is 0 Å². The molecule has 0 aromatic heterocycles. The summed E-state index contributed by atoms with van der Waals surface area (Å²) in [5.41, 5.74) is 6.77. The van der Waals surface area contributed by atoms with Gasteiger partial charge in [0.2, 0.25) is 0 Å². The standard InChI is InChI=1S/C12H17NO/c13-8-11(9-5-6-9)7-10-3-1-2-4-12(10)14/h1-4,9,11,14H,5-8,13H2. The Bertz CT molecular complexity index is 307. The quantitative estimate of drug-likeness (QED) is 0.763. The summed E-state index contributed by atoms with van der Waals surface area (Å²) in [6.45, 7) is 0.735. The Morgan fingerprint density at radius 2 is 2.07 bits per heavy atom. The zero-order valence-corrected chi connectivity index (χ0v) is 8.32. The number of hydrogen-bond donors (Lipinski definition) is 2. The minimum atomic E-state index is 0.409. The maximum Gasteiger partial charge on any atom is 0.118 e. The fraction of sp³-hybridized carbons (Fsp3) is 0.500. The lowest BCUT2D eigenvalue weighted by atomic mass is 9.94. The van der Waals surface area contributed by atoms with E-state index < -0.39 is 0 Å². The largest absolute Gasteiger partial charge is 0.508 e. The molecule has 1 saturated carbocycles. The van der Waals surface area contributed by atoms with Gasteiger partial charge in [-0.2, -0.15) is 0 Å². The summed E-state index contributed by atoms with van der Waals surface area (Å²) in [4.78, 5) is 0. The van der Waals surface area contributed by atoms with Gasteiger partial charge < -0.3 is 10.8 Å². The van der Waals surface area contributed by atoms with Crippen molar-refractivity contribution in [3.63, 3.8) is 0 Å². The van der Waals surface area contributed by atoms with Crippen molar-refractivity contribution in [3.8, 4) is 5.75 Å². The van der Waals surface area contributed by atoms with E-state index in [1.54, 1.807) is 6.07 Å². The molecule has 14 heavy (non-hydrogen) atoms. The van der Waals surface area contributed by atoms with Crippen LogP contribution in [0.1, 0.15) is 18.4 Å². The normalized spacial score (nSPS) is 18.1. The Hall–Kier alpha value is -1.02. The molecule has 2 rings (SSSR count). The molecule has 3 N–H and O–H groups in total. The van der Waals surface area contributed by atoms with Crippen LogP contribution in [0.4, 0.5) is 0 Å². The number of phenols is 1. The summed E-state index contributed by atoms with van der Waals surface area (Å²) in [6.07, 6.45) is 3.55. The number of nitrogens with two attached hydrogens (primary N) is 1. The molecule has 0 saturated heterocycles. The maximum absolute atomic E-state index is 9.62. The lowest BCUT2D eigenvalue weighted by Gasteiger charge is -2.14. The molecule has 1 atom stereocenters. The third kappa shape index (κ3) is 2.07. The summed E-state index contributed by atoms with van der Waals surface area (Å²) < 4.78 is 0. The monoisotopic (exact) mass is 191 g/mol. The fourth-order valence-corrected chi connectivity index (χ4v) is 1.98. The minimum absolute atomic E-state index is 0.409. The Kier molecular flexibility index (Phi) is 2.73. The molecule has 1 aliphatic carbocycles. The Morgan fingerprint density at radius 3 is 2.64 bits per heavy atom. The van der Waals surface area contributed by atoms with Crippen molar-refractivity contribution in [2.45, 2.75) is 19.3 Å². The van der Waals surface area contributed by atoms with E-state index >= 15 is 0 Å². The molecule has 76 valence electrons. The van der Waals surface area contributed by atoms with Gasteiger partial charge in [0.25, 0.3) is 0 Å². The Labute approximate surface area is 84.7 Å². The van der Waals surface area contributed by atoms with Crippen LogP contribution in [-0.4, -0.2) is 11.7 Å². The van der Waals surface area contributed by atoms with Crippen molar-refractivity contribution in [2.24, 2.45) is 17.6 Å². The molecule has 0 heterocycles. The number of phenolic OH excluding ortho intramolecular Hbond substituents is 1. The van der Waals surface area contributed by atoms with Crippen LogP contribution in [0.2, 0.25) is 0 Å². The lowest BCUT2D eigenvalue weighted by molar-refractivity contribution is 0.437. The van der Waals surface area contributed by atoms with E-state index in [0.29, 0.717) is 11.7 Å². The number of hydrogen-bond acceptors (Lipinski definition) is 2. The van der Waals surface area contributed by atoms with E-state index in [4.69, 9.17) is 5.73 Å². The Balaban J connectivity index is 2.04. The summed E-state index contributed by atoms with van der Waals surface area (Å²) in [6, 6.07) is 7.55. The second-order valence-corrected chi connectivity index (χ2v) is 4.17. The molecule has 1 unspecified atom stereocenters. The molecular weight excluding hydrogens is 174 g/mol. The van der Waals surface area contributed by atoms with Gasteiger partial charge in [0.1, 0.15) is 5.75 Å². The smallest absolute Gasteiger partial charge is 0.118 e. The van der Waals surface area contributed by atoms with Crippen LogP contribution in [0, 0.1) is 11.8 Å². The van der Waals surface area contributed by atoms with Crippen LogP contribution in [0.3, 0.4) is 0 Å². The van der Waals surface area contributed by atoms with Crippen molar-refractivity contribution in [1.29, 1.82) is 0 Å². The molecule has 1 aromatic carbocycles. The van der Waals surface area contributed by atoms with Gasteiger partial charge in [0.15, 0.2) is 0 Å². The van der Waals surface area contributed by atoms with Crippen molar-refractivity contribution < 1.29 is 5.11 Å². The van der Waals surface area contributed by atoms with Gasteiger partial charge in [-0.25, -0.2) is 0 Å². The SMILES string of the molecule is NCC(Cc1ccccc1O)C1CC1. The number of rotatable bonds is 4. The first-order chi connectivity index (χ1) is 6.81. The molecule has 0 bridgehead atoms. The average molecular weight is 191 g/mol. The summed E-state index contributed by atoms with van der Waals surface area (Å²) in [5, 5.41) is 9.62. The predicted molar refractivity (Wildman–Crippen MR) is 57.1 cm³/mol. The lowest BCUT2D eigenvalue weighted by Crippen LogP contribution is -2.18. The van der Waals surface area contributed by atoms with Crippen LogP contribution in [0.25, 0.3) is 0 Å². The second-order valence-electron chi connectivity index (χ2n) is 4.17. The molecule has 1 aromatic rings. The molecule has 1 aliphatic rings. The van der Waals surface area contributed by atoms with Gasteiger partial charge >= 0.3 is 0 Å². The average Bonchev–Trinajstić information content (AvgIpc) is 3.00. The van der Waals surface area contributed by atoms with Crippen molar-refractivity contribution in [3.05, 3.63) is 29.8 Å². The van der Waals surface area contributed by atoms with Crippen molar-refractivity contribution in [2.75, 3.05) is 6.54 Å². The number of benzene rings is 1. The molecule has 0 radical (unpaired) electrons. The van der Waals surface area contributed by atoms with Crippen molar-refractivity contribution >= 4 is 0 Å². The highest BCUT2D eigenvalue weighted by atomic mass is 16.3. The fourth-order valence-electron chi connectivity index (χ4n) is 1.98. The first-order valence-corrected chi connectivity index (χ1v) is 5.28. The van der Waals surface area contributed by atoms with Gasteiger partial charge in [0, 0.05) is 0 Å². The summed E-state index contributed by atoms with van der Waals surface area (Å²) in [7, 11) is 0. The van der Waals surface area contributed by atoms with Gasteiger partial charge in [-0.3, -0.25) is 0 Å². The molecular formula is C12H17NO. The predicted octanol–water partition coefficient (Wildman–Crippen LogP) is 1.92. The minimum Gasteiger partial charge on any atom is -0.508 e. The third-order valence-corrected chi connectivity index (χ3v) is 3.07. The van der Waals surface area contributed by atoms with Crippen LogP contribution in [-0.2, 0) is 6.42 Å². The van der Waals surface area contributed by atoms with Crippen LogP contribution in [0.5, 0.6) is 5.75 Å². The molecule has 2 heteroatoms. The first kappa shape index (κ1) is 9.53. The van der Waals surface area contributed by atoms with E-state index in [1.165, 1.54) is 12.8 Å². The summed E-state index contributed by atoms with van der Waals surface area (Å²) >= 11 is 0. The van der Waals surface area contributed by atoms with Crippen molar-refractivity contribution in [1.82, 2.24) is 0 Å². The van der Waals surface area contributed by atoms with E-state index in [2.05, 4.69) is 0 Å². The number of para-hydroxylation sites is 1.